The lowest BCUT2D eigenvalue weighted by Gasteiger charge is -2.14. The van der Waals surface area contributed by atoms with Crippen molar-refractivity contribution in [1.29, 1.82) is 0 Å². The quantitative estimate of drug-likeness (QED) is 0.0595. The van der Waals surface area contributed by atoms with Crippen molar-refractivity contribution in [2.24, 2.45) is 0 Å². The van der Waals surface area contributed by atoms with E-state index in [-0.39, 0.29) is 0 Å². The molecule has 0 heteroatoms. The summed E-state index contributed by atoms with van der Waals surface area (Å²) in [4.78, 5) is 0. The number of rotatable bonds is 16. The molecule has 0 bridgehead atoms. The molecule has 0 aliphatic rings. The minimum atomic E-state index is 0.958. The highest BCUT2D eigenvalue weighted by atomic mass is 14.2. The van der Waals surface area contributed by atoms with Gasteiger partial charge in [0.2, 0.25) is 0 Å². The summed E-state index contributed by atoms with van der Waals surface area (Å²) < 4.78 is 0. The van der Waals surface area contributed by atoms with Crippen molar-refractivity contribution in [3.63, 3.8) is 0 Å². The molecule has 0 spiro atoms. The van der Waals surface area contributed by atoms with E-state index in [0.717, 1.165) is 24.0 Å². The molecule has 0 amide bonds. The van der Waals surface area contributed by atoms with Crippen molar-refractivity contribution in [2.75, 3.05) is 0 Å². The first-order valence-electron chi connectivity index (χ1n) is 18.6. The molecule has 0 atom stereocenters. The Labute approximate surface area is 279 Å². The van der Waals surface area contributed by atoms with Crippen LogP contribution in [0.1, 0.15) is 141 Å². The molecule has 0 aromatic heterocycles. The fraction of sp³-hybridized carbons (Fsp3) is 0.435. The second-order valence-corrected chi connectivity index (χ2v) is 13.3. The predicted molar refractivity (Wildman–Crippen MR) is 205 cm³/mol. The van der Waals surface area contributed by atoms with Crippen LogP contribution < -0.4 is 0 Å². The standard InChI is InChI=1S/C46H54/c1-3-5-7-9-11-13-15-17-19-21-31-41-43-33-37-27-23-25-29-39(37)35-45(43)42(32-22-20-18-16-14-12-10-8-6-4-2)46-36-40-30-26-24-28-38(40)34-44(41)46/h23-30,33-36H,3-20H2,1-2H3. The van der Waals surface area contributed by atoms with Gasteiger partial charge in [0.1, 0.15) is 0 Å². The Bertz CT molecular complexity index is 1600. The van der Waals surface area contributed by atoms with Crippen LogP contribution >= 0.6 is 0 Å². The van der Waals surface area contributed by atoms with Gasteiger partial charge in [0.05, 0.1) is 0 Å². The van der Waals surface area contributed by atoms with E-state index < -0.39 is 0 Å². The first kappa shape index (κ1) is 33.6. The molecule has 0 radical (unpaired) electrons. The molecule has 5 rings (SSSR count). The Morgan fingerprint density at radius 1 is 0.370 bits per heavy atom. The van der Waals surface area contributed by atoms with Gasteiger partial charge in [-0.25, -0.2) is 0 Å². The minimum Gasteiger partial charge on any atom is -0.0978 e. The minimum absolute atomic E-state index is 0.958. The van der Waals surface area contributed by atoms with E-state index in [9.17, 15) is 0 Å². The first-order valence-corrected chi connectivity index (χ1v) is 18.6. The average Bonchev–Trinajstić information content (AvgIpc) is 3.09. The van der Waals surface area contributed by atoms with E-state index in [2.05, 4.69) is 110 Å². The number of hydrogen-bond acceptors (Lipinski definition) is 0. The van der Waals surface area contributed by atoms with Crippen LogP contribution in [-0.4, -0.2) is 0 Å². The molecule has 0 aliphatic heterocycles. The highest BCUT2D eigenvalue weighted by Gasteiger charge is 2.14. The molecule has 238 valence electrons. The van der Waals surface area contributed by atoms with Crippen LogP contribution in [0.15, 0.2) is 72.8 Å². The van der Waals surface area contributed by atoms with Crippen LogP contribution in [0.2, 0.25) is 0 Å². The maximum Gasteiger partial charge on any atom is 0.0403 e. The van der Waals surface area contributed by atoms with E-state index in [0.29, 0.717) is 0 Å². The zero-order chi connectivity index (χ0) is 31.8. The van der Waals surface area contributed by atoms with Gasteiger partial charge in [0.25, 0.3) is 0 Å². The molecule has 5 aromatic carbocycles. The van der Waals surface area contributed by atoms with E-state index in [1.807, 2.05) is 0 Å². The second-order valence-electron chi connectivity index (χ2n) is 13.3. The largest absolute Gasteiger partial charge is 0.0978 e. The van der Waals surface area contributed by atoms with Crippen molar-refractivity contribution in [3.05, 3.63) is 83.9 Å². The van der Waals surface area contributed by atoms with Gasteiger partial charge < -0.3 is 0 Å². The summed E-state index contributed by atoms with van der Waals surface area (Å²) in [6.45, 7) is 4.57. The molecule has 0 unspecified atom stereocenters. The number of benzene rings is 5. The van der Waals surface area contributed by atoms with Crippen LogP contribution in [-0.2, 0) is 0 Å². The third kappa shape index (κ3) is 9.17. The summed E-state index contributed by atoms with van der Waals surface area (Å²) >= 11 is 0. The SMILES string of the molecule is CCCCCCCCCCC#Cc1c2cc3ccccc3cc2c(C#CCCCCCCCCCC)c2cc3ccccc3cc12. The molecular formula is C46H54. The Morgan fingerprint density at radius 3 is 0.957 bits per heavy atom. The number of unbranched alkanes of at least 4 members (excludes halogenated alkanes) is 16. The van der Waals surface area contributed by atoms with Crippen LogP contribution in [0.5, 0.6) is 0 Å². The summed E-state index contributed by atoms with van der Waals surface area (Å²) in [5.74, 6) is 14.7. The third-order valence-electron chi connectivity index (χ3n) is 9.59. The summed E-state index contributed by atoms with van der Waals surface area (Å²) in [6.07, 6.45) is 23.2. The highest BCUT2D eigenvalue weighted by Crippen LogP contribution is 2.37. The van der Waals surface area contributed by atoms with E-state index in [4.69, 9.17) is 0 Å². The van der Waals surface area contributed by atoms with Gasteiger partial charge in [-0.3, -0.25) is 0 Å². The van der Waals surface area contributed by atoms with Crippen molar-refractivity contribution in [2.45, 2.75) is 129 Å². The van der Waals surface area contributed by atoms with Crippen molar-refractivity contribution >= 4 is 43.1 Å². The third-order valence-corrected chi connectivity index (χ3v) is 9.59. The van der Waals surface area contributed by atoms with E-state index >= 15 is 0 Å². The van der Waals surface area contributed by atoms with Crippen molar-refractivity contribution in [1.82, 2.24) is 0 Å². The van der Waals surface area contributed by atoms with Crippen LogP contribution in [0.3, 0.4) is 0 Å². The number of fused-ring (bicyclic) bond motifs is 4. The monoisotopic (exact) mass is 606 g/mol. The summed E-state index contributed by atoms with van der Waals surface area (Å²) in [7, 11) is 0. The highest BCUT2D eigenvalue weighted by molar-refractivity contribution is 6.16. The van der Waals surface area contributed by atoms with Gasteiger partial charge >= 0.3 is 0 Å². The first-order chi connectivity index (χ1) is 22.8. The van der Waals surface area contributed by atoms with Gasteiger partial charge in [-0.05, 0) is 80.2 Å². The van der Waals surface area contributed by atoms with Gasteiger partial charge in [0, 0.05) is 24.0 Å². The van der Waals surface area contributed by atoms with Gasteiger partial charge in [-0.1, -0.05) is 176 Å². The molecule has 0 heterocycles. The summed E-state index contributed by atoms with van der Waals surface area (Å²) in [6, 6.07) is 26.9. The van der Waals surface area contributed by atoms with Gasteiger partial charge in [-0.15, -0.1) is 0 Å². The molecule has 0 saturated heterocycles. The van der Waals surface area contributed by atoms with Crippen molar-refractivity contribution in [3.8, 4) is 23.7 Å². The molecule has 0 aliphatic carbocycles. The summed E-state index contributed by atoms with van der Waals surface area (Å²) in [5.41, 5.74) is 2.32. The fourth-order valence-corrected chi connectivity index (χ4v) is 6.86. The maximum absolute atomic E-state index is 3.72. The normalized spacial score (nSPS) is 11.2. The molecule has 46 heavy (non-hydrogen) atoms. The van der Waals surface area contributed by atoms with Crippen LogP contribution in [0.25, 0.3) is 43.1 Å². The fourth-order valence-electron chi connectivity index (χ4n) is 6.86. The summed E-state index contributed by atoms with van der Waals surface area (Å²) in [5, 5.41) is 10.0. The van der Waals surface area contributed by atoms with Gasteiger partial charge in [0.15, 0.2) is 0 Å². The molecule has 0 nitrogen and oxygen atoms in total. The van der Waals surface area contributed by atoms with Gasteiger partial charge in [-0.2, -0.15) is 0 Å². The zero-order valence-corrected chi connectivity index (χ0v) is 28.7. The van der Waals surface area contributed by atoms with E-state index in [1.165, 1.54) is 146 Å². The van der Waals surface area contributed by atoms with E-state index in [1.54, 1.807) is 0 Å². The lowest BCUT2D eigenvalue weighted by Crippen LogP contribution is -1.92. The molecule has 0 saturated carbocycles. The Balaban J connectivity index is 1.46. The number of hydrogen-bond donors (Lipinski definition) is 0. The predicted octanol–water partition coefficient (Wildman–Crippen LogP) is 14.1. The lowest BCUT2D eigenvalue weighted by atomic mass is 9.88. The molecule has 0 fully saturated rings. The zero-order valence-electron chi connectivity index (χ0n) is 28.7. The van der Waals surface area contributed by atoms with Crippen LogP contribution in [0, 0.1) is 23.7 Å². The van der Waals surface area contributed by atoms with Crippen molar-refractivity contribution < 1.29 is 0 Å². The lowest BCUT2D eigenvalue weighted by molar-refractivity contribution is 0.579. The Morgan fingerprint density at radius 2 is 0.652 bits per heavy atom. The average molecular weight is 607 g/mol. The molecule has 0 N–H and O–H groups in total. The smallest absolute Gasteiger partial charge is 0.0403 e. The van der Waals surface area contributed by atoms with Crippen LogP contribution in [0.4, 0.5) is 0 Å². The topological polar surface area (TPSA) is 0 Å². The Hall–Kier alpha value is -3.74. The Kier molecular flexibility index (Phi) is 13.5. The maximum atomic E-state index is 3.72. The second kappa shape index (κ2) is 18.4. The molecular weight excluding hydrogens is 553 g/mol. The molecule has 5 aromatic rings.